The largest absolute Gasteiger partial charge is 0.465 e. The van der Waals surface area contributed by atoms with Crippen molar-refractivity contribution >= 4 is 11.9 Å². The lowest BCUT2D eigenvalue weighted by molar-refractivity contribution is -0.0452. The average molecular weight is 433 g/mol. The van der Waals surface area contributed by atoms with Crippen molar-refractivity contribution in [1.82, 2.24) is 4.90 Å². The second-order valence-corrected chi connectivity index (χ2v) is 7.87. The fourth-order valence-electron chi connectivity index (χ4n) is 4.17. The molecule has 1 amide bonds. The first kappa shape index (κ1) is 21.7. The molecule has 0 spiro atoms. The Labute approximate surface area is 186 Å². The highest BCUT2D eigenvalue weighted by molar-refractivity contribution is 6.00. The lowest BCUT2D eigenvalue weighted by Gasteiger charge is -2.39. The predicted octanol–water partition coefficient (Wildman–Crippen LogP) is 5.30. The molecule has 0 aliphatic carbocycles. The van der Waals surface area contributed by atoms with Gasteiger partial charge in [-0.05, 0) is 29.7 Å². The van der Waals surface area contributed by atoms with Crippen molar-refractivity contribution in [2.45, 2.75) is 24.5 Å². The molecule has 6 heteroatoms. The topological polar surface area (TPSA) is 66.8 Å². The molecular formula is C26H24FNO4. The van der Waals surface area contributed by atoms with Crippen molar-refractivity contribution in [2.24, 2.45) is 0 Å². The van der Waals surface area contributed by atoms with Crippen LogP contribution in [0.15, 0.2) is 84.9 Å². The minimum Gasteiger partial charge on any atom is -0.465 e. The van der Waals surface area contributed by atoms with E-state index in [1.54, 1.807) is 36.4 Å². The van der Waals surface area contributed by atoms with E-state index in [4.69, 9.17) is 4.74 Å². The summed E-state index contributed by atoms with van der Waals surface area (Å²) in [5.41, 5.74) is 2.08. The number of piperidine rings is 1. The minimum absolute atomic E-state index is 0.128. The highest BCUT2D eigenvalue weighted by atomic mass is 19.1. The maximum absolute atomic E-state index is 13.5. The third kappa shape index (κ3) is 4.86. The van der Waals surface area contributed by atoms with E-state index in [0.717, 1.165) is 5.56 Å². The van der Waals surface area contributed by atoms with Crippen LogP contribution in [0.4, 0.5) is 9.18 Å². The number of halogens is 1. The number of carbonyl (C=O) groups is 2. The zero-order valence-electron chi connectivity index (χ0n) is 17.4. The van der Waals surface area contributed by atoms with Gasteiger partial charge in [-0.1, -0.05) is 72.8 Å². The summed E-state index contributed by atoms with van der Waals surface area (Å²) < 4.78 is 19.9. The molecule has 1 N–H and O–H groups in total. The third-order valence-electron chi connectivity index (χ3n) is 5.84. The molecule has 3 aromatic carbocycles. The molecular weight excluding hydrogens is 409 g/mol. The van der Waals surface area contributed by atoms with Crippen molar-refractivity contribution in [3.8, 4) is 0 Å². The summed E-state index contributed by atoms with van der Waals surface area (Å²) in [6.45, 7) is 0.475. The lowest BCUT2D eigenvalue weighted by atomic mass is 9.86. The molecule has 0 bridgehead atoms. The van der Waals surface area contributed by atoms with Gasteiger partial charge >= 0.3 is 6.09 Å². The summed E-state index contributed by atoms with van der Waals surface area (Å²) in [4.78, 5) is 26.4. The number of benzene rings is 3. The molecule has 3 unspecified atom stereocenters. The van der Waals surface area contributed by atoms with Crippen LogP contribution in [0.1, 0.15) is 39.9 Å². The number of carboxylic acid groups (broad SMARTS) is 1. The Morgan fingerprint density at radius 3 is 2.19 bits per heavy atom. The van der Waals surface area contributed by atoms with Crippen LogP contribution < -0.4 is 0 Å². The number of amides is 1. The number of ether oxygens (including phenoxy) is 1. The van der Waals surface area contributed by atoms with Gasteiger partial charge in [0.15, 0.2) is 5.78 Å². The van der Waals surface area contributed by atoms with Crippen LogP contribution in [0, 0.1) is 5.82 Å². The van der Waals surface area contributed by atoms with Gasteiger partial charge in [0.2, 0.25) is 0 Å². The quantitative estimate of drug-likeness (QED) is 0.536. The predicted molar refractivity (Wildman–Crippen MR) is 118 cm³/mol. The molecule has 1 aliphatic heterocycles. The molecule has 0 aromatic heterocycles. The van der Waals surface area contributed by atoms with Gasteiger partial charge in [-0.3, -0.25) is 4.79 Å². The SMILES string of the molecule is O=C(c1ccccc1)C(OC1CN(C(=O)O)CCC1c1ccc(F)cc1)c1ccccc1. The molecule has 1 aliphatic rings. The minimum atomic E-state index is -1.03. The normalized spacial score (nSPS) is 19.3. The molecule has 1 heterocycles. The van der Waals surface area contributed by atoms with Crippen molar-refractivity contribution < 1.29 is 23.8 Å². The standard InChI is InChI=1S/C26H24FNO4/c27-21-13-11-18(12-14-21)22-15-16-28(26(30)31)17-23(22)32-25(20-9-5-2-6-10-20)24(29)19-7-3-1-4-8-19/h1-14,22-23,25H,15-17H2,(H,30,31). The van der Waals surface area contributed by atoms with E-state index in [2.05, 4.69) is 0 Å². The van der Waals surface area contributed by atoms with E-state index in [-0.39, 0.29) is 24.1 Å². The Morgan fingerprint density at radius 2 is 1.56 bits per heavy atom. The summed E-state index contributed by atoms with van der Waals surface area (Å²) in [5.74, 6) is -0.696. The fourth-order valence-corrected chi connectivity index (χ4v) is 4.17. The van der Waals surface area contributed by atoms with Gasteiger partial charge in [0.05, 0.1) is 12.6 Å². The van der Waals surface area contributed by atoms with Crippen LogP contribution in [-0.4, -0.2) is 41.1 Å². The molecule has 164 valence electrons. The third-order valence-corrected chi connectivity index (χ3v) is 5.84. The number of Topliss-reactive ketones (excluding diaryl/α,β-unsaturated/α-hetero) is 1. The molecule has 1 saturated heterocycles. The number of likely N-dealkylation sites (tertiary alicyclic amines) is 1. The highest BCUT2D eigenvalue weighted by Crippen LogP contribution is 2.35. The second kappa shape index (κ2) is 9.75. The zero-order chi connectivity index (χ0) is 22.5. The smallest absolute Gasteiger partial charge is 0.407 e. The molecule has 3 atom stereocenters. The zero-order valence-corrected chi connectivity index (χ0v) is 17.4. The first-order chi connectivity index (χ1) is 15.5. The monoisotopic (exact) mass is 433 g/mol. The van der Waals surface area contributed by atoms with E-state index in [1.165, 1.54) is 17.0 Å². The Kier molecular flexibility index (Phi) is 6.61. The Bertz CT molecular complexity index is 1060. The van der Waals surface area contributed by atoms with E-state index >= 15 is 0 Å². The molecule has 32 heavy (non-hydrogen) atoms. The summed E-state index contributed by atoms with van der Waals surface area (Å²) in [5, 5.41) is 9.54. The Morgan fingerprint density at radius 1 is 0.938 bits per heavy atom. The number of carbonyl (C=O) groups excluding carboxylic acids is 1. The average Bonchev–Trinajstić information content (AvgIpc) is 2.83. The summed E-state index contributed by atoms with van der Waals surface area (Å²) in [7, 11) is 0. The van der Waals surface area contributed by atoms with Crippen LogP contribution in [0.3, 0.4) is 0 Å². The van der Waals surface area contributed by atoms with Gasteiger partial charge in [-0.15, -0.1) is 0 Å². The first-order valence-electron chi connectivity index (χ1n) is 10.6. The van der Waals surface area contributed by atoms with Crippen LogP contribution in [-0.2, 0) is 4.74 Å². The van der Waals surface area contributed by atoms with Gasteiger partial charge in [0.25, 0.3) is 0 Å². The highest BCUT2D eigenvalue weighted by Gasteiger charge is 2.37. The number of nitrogens with zero attached hydrogens (tertiary/aromatic N) is 1. The van der Waals surface area contributed by atoms with Gasteiger partial charge in [-0.2, -0.15) is 0 Å². The van der Waals surface area contributed by atoms with Gasteiger partial charge < -0.3 is 14.7 Å². The van der Waals surface area contributed by atoms with Gasteiger partial charge in [0.1, 0.15) is 11.9 Å². The molecule has 5 nitrogen and oxygen atoms in total. The van der Waals surface area contributed by atoms with Crippen molar-refractivity contribution in [1.29, 1.82) is 0 Å². The van der Waals surface area contributed by atoms with E-state index in [9.17, 15) is 19.1 Å². The summed E-state index contributed by atoms with van der Waals surface area (Å²) >= 11 is 0. The molecule has 0 radical (unpaired) electrons. The van der Waals surface area contributed by atoms with Crippen LogP contribution >= 0.6 is 0 Å². The van der Waals surface area contributed by atoms with Crippen molar-refractivity contribution in [2.75, 3.05) is 13.1 Å². The van der Waals surface area contributed by atoms with Crippen LogP contribution in [0.25, 0.3) is 0 Å². The number of hydrogen-bond donors (Lipinski definition) is 1. The molecule has 1 fully saturated rings. The maximum atomic E-state index is 13.5. The fraction of sp³-hybridized carbons (Fsp3) is 0.231. The number of rotatable bonds is 6. The molecule has 0 saturated carbocycles. The van der Waals surface area contributed by atoms with Crippen molar-refractivity contribution in [3.05, 3.63) is 107 Å². The maximum Gasteiger partial charge on any atom is 0.407 e. The van der Waals surface area contributed by atoms with E-state index < -0.39 is 18.3 Å². The van der Waals surface area contributed by atoms with Crippen LogP contribution in [0.5, 0.6) is 0 Å². The lowest BCUT2D eigenvalue weighted by Crippen LogP contribution is -2.47. The van der Waals surface area contributed by atoms with Crippen molar-refractivity contribution in [3.63, 3.8) is 0 Å². The summed E-state index contributed by atoms with van der Waals surface area (Å²) in [6.07, 6.45) is -1.96. The molecule has 4 rings (SSSR count). The second-order valence-electron chi connectivity index (χ2n) is 7.87. The first-order valence-corrected chi connectivity index (χ1v) is 10.6. The van der Waals surface area contributed by atoms with Crippen LogP contribution in [0.2, 0.25) is 0 Å². The Balaban J connectivity index is 1.68. The molecule has 3 aromatic rings. The van der Waals surface area contributed by atoms with E-state index in [0.29, 0.717) is 24.1 Å². The van der Waals surface area contributed by atoms with Gasteiger partial charge in [-0.25, -0.2) is 9.18 Å². The number of hydrogen-bond acceptors (Lipinski definition) is 3. The number of ketones is 1. The summed E-state index contributed by atoms with van der Waals surface area (Å²) in [6, 6.07) is 24.3. The van der Waals surface area contributed by atoms with Gasteiger partial charge in [0, 0.05) is 18.0 Å². The Hall–Kier alpha value is -3.51. The van der Waals surface area contributed by atoms with E-state index in [1.807, 2.05) is 36.4 Å².